The summed E-state index contributed by atoms with van der Waals surface area (Å²) in [6.07, 6.45) is 1.01. The van der Waals surface area contributed by atoms with Crippen LogP contribution in [0.25, 0.3) is 0 Å². The Kier molecular flexibility index (Phi) is 5.14. The van der Waals surface area contributed by atoms with Crippen molar-refractivity contribution in [2.75, 3.05) is 20.1 Å². The Bertz CT molecular complexity index is 452. The molecule has 0 N–H and O–H groups in total. The van der Waals surface area contributed by atoms with Crippen LogP contribution in [-0.2, 0) is 11.8 Å². The maximum absolute atomic E-state index is 8.68. The summed E-state index contributed by atoms with van der Waals surface area (Å²) in [7, 11) is 2.00. The van der Waals surface area contributed by atoms with Crippen molar-refractivity contribution in [3.63, 3.8) is 0 Å². The summed E-state index contributed by atoms with van der Waals surface area (Å²) in [5.41, 5.74) is 5.77. The molecule has 0 fully saturated rings. The van der Waals surface area contributed by atoms with E-state index in [1.807, 2.05) is 7.05 Å². The molecule has 0 heterocycles. The van der Waals surface area contributed by atoms with Crippen molar-refractivity contribution in [2.45, 2.75) is 46.5 Å². The van der Waals surface area contributed by atoms with Gasteiger partial charge in [-0.2, -0.15) is 5.26 Å². The van der Waals surface area contributed by atoms with Crippen molar-refractivity contribution in [2.24, 2.45) is 0 Å². The van der Waals surface area contributed by atoms with Gasteiger partial charge in [0.2, 0.25) is 0 Å². The van der Waals surface area contributed by atoms with Gasteiger partial charge >= 0.3 is 0 Å². The quantitative estimate of drug-likeness (QED) is 0.772. The van der Waals surface area contributed by atoms with E-state index < -0.39 is 0 Å². The molecule has 0 bridgehead atoms. The van der Waals surface area contributed by atoms with Gasteiger partial charge in [-0.25, -0.2) is 0 Å². The molecular weight excluding hydrogens is 232 g/mol. The smallest absolute Gasteiger partial charge is 0.0863 e. The zero-order valence-electron chi connectivity index (χ0n) is 13.2. The van der Waals surface area contributed by atoms with Crippen LogP contribution in [0.1, 0.15) is 43.0 Å². The van der Waals surface area contributed by atoms with Crippen molar-refractivity contribution >= 4 is 0 Å². The zero-order chi connectivity index (χ0) is 14.6. The number of nitriles is 1. The molecule has 0 spiro atoms. The van der Waals surface area contributed by atoms with Crippen molar-refractivity contribution in [3.8, 4) is 6.07 Å². The average Bonchev–Trinajstić information content (AvgIpc) is 2.26. The third-order valence-corrected chi connectivity index (χ3v) is 3.65. The number of rotatable bonds is 4. The van der Waals surface area contributed by atoms with E-state index in [0.717, 1.165) is 13.0 Å². The number of hydrogen-bond acceptors (Lipinski definition) is 2. The highest BCUT2D eigenvalue weighted by Crippen LogP contribution is 2.27. The number of benzene rings is 1. The van der Waals surface area contributed by atoms with Gasteiger partial charge in [-0.15, -0.1) is 0 Å². The Morgan fingerprint density at radius 2 is 1.68 bits per heavy atom. The fraction of sp³-hybridized carbons (Fsp3) is 0.588. The van der Waals surface area contributed by atoms with Crippen molar-refractivity contribution in [1.29, 1.82) is 5.26 Å². The van der Waals surface area contributed by atoms with Gasteiger partial charge in [0.15, 0.2) is 0 Å². The summed E-state index contributed by atoms with van der Waals surface area (Å²) in [5, 5.41) is 8.68. The number of nitrogens with zero attached hydrogens (tertiary/aromatic N) is 2. The summed E-state index contributed by atoms with van der Waals surface area (Å²) in [5.74, 6) is 0. The highest BCUT2D eigenvalue weighted by atomic mass is 15.1. The first-order valence-electron chi connectivity index (χ1n) is 6.92. The van der Waals surface area contributed by atoms with Crippen molar-refractivity contribution in [1.82, 2.24) is 4.90 Å². The first kappa shape index (κ1) is 15.7. The summed E-state index contributed by atoms with van der Waals surface area (Å²) in [6.45, 7) is 12.6. The lowest BCUT2D eigenvalue weighted by Gasteiger charge is -2.23. The molecule has 0 saturated heterocycles. The lowest BCUT2D eigenvalue weighted by atomic mass is 9.83. The number of aryl methyl sites for hydroxylation is 2. The lowest BCUT2D eigenvalue weighted by molar-refractivity contribution is 0.378. The van der Waals surface area contributed by atoms with Gasteiger partial charge in [0.25, 0.3) is 0 Å². The van der Waals surface area contributed by atoms with Gasteiger partial charge in [0.05, 0.1) is 12.6 Å². The number of likely N-dealkylation sites (N-methyl/N-ethyl adjacent to an activating group) is 1. The molecule has 0 aromatic heterocycles. The van der Waals surface area contributed by atoms with Gasteiger partial charge in [-0.05, 0) is 55.0 Å². The van der Waals surface area contributed by atoms with Gasteiger partial charge in [-0.1, -0.05) is 32.9 Å². The Morgan fingerprint density at radius 1 is 1.16 bits per heavy atom. The molecule has 0 radical (unpaired) electrons. The van der Waals surface area contributed by atoms with Crippen LogP contribution < -0.4 is 0 Å². The minimum Gasteiger partial charge on any atom is -0.293 e. The molecule has 1 aromatic rings. The SMILES string of the molecule is Cc1cc(C(C)(C)C)cc(C)c1CCN(C)CC#N. The third-order valence-electron chi connectivity index (χ3n) is 3.65. The van der Waals surface area contributed by atoms with Crippen LogP contribution in [0.3, 0.4) is 0 Å². The van der Waals surface area contributed by atoms with Gasteiger partial charge in [-0.3, -0.25) is 4.90 Å². The van der Waals surface area contributed by atoms with Crippen LogP contribution in [0.4, 0.5) is 0 Å². The molecule has 2 heteroatoms. The minimum absolute atomic E-state index is 0.200. The Labute approximate surface area is 118 Å². The van der Waals surface area contributed by atoms with Crippen LogP contribution in [0, 0.1) is 25.2 Å². The molecule has 0 saturated carbocycles. The second-order valence-corrected chi connectivity index (χ2v) is 6.48. The van der Waals surface area contributed by atoms with Crippen LogP contribution in [0.5, 0.6) is 0 Å². The Balaban J connectivity index is 2.90. The molecule has 0 aliphatic rings. The first-order chi connectivity index (χ1) is 8.75. The monoisotopic (exact) mass is 258 g/mol. The summed E-state index contributed by atoms with van der Waals surface area (Å²) >= 11 is 0. The van der Waals surface area contributed by atoms with E-state index in [9.17, 15) is 0 Å². The van der Waals surface area contributed by atoms with Crippen LogP contribution in [0.2, 0.25) is 0 Å². The predicted molar refractivity (Wildman–Crippen MR) is 81.4 cm³/mol. The maximum atomic E-state index is 8.68. The minimum atomic E-state index is 0.200. The molecule has 0 aliphatic heterocycles. The first-order valence-corrected chi connectivity index (χ1v) is 6.92. The van der Waals surface area contributed by atoms with Crippen LogP contribution in [-0.4, -0.2) is 25.0 Å². The molecule has 0 aliphatic carbocycles. The zero-order valence-corrected chi connectivity index (χ0v) is 13.2. The van der Waals surface area contributed by atoms with E-state index in [4.69, 9.17) is 5.26 Å². The molecule has 0 atom stereocenters. The van der Waals surface area contributed by atoms with Gasteiger partial charge in [0.1, 0.15) is 0 Å². The summed E-state index contributed by atoms with van der Waals surface area (Å²) < 4.78 is 0. The van der Waals surface area contributed by atoms with Crippen LogP contribution >= 0.6 is 0 Å². The highest BCUT2D eigenvalue weighted by molar-refractivity contribution is 5.40. The second-order valence-electron chi connectivity index (χ2n) is 6.48. The molecule has 1 aromatic carbocycles. The fourth-order valence-electron chi connectivity index (χ4n) is 2.32. The molecule has 1 rings (SSSR count). The Morgan fingerprint density at radius 3 is 2.11 bits per heavy atom. The van der Waals surface area contributed by atoms with Gasteiger partial charge in [0, 0.05) is 6.54 Å². The molecule has 0 unspecified atom stereocenters. The molecule has 2 nitrogen and oxygen atoms in total. The van der Waals surface area contributed by atoms with Crippen molar-refractivity contribution < 1.29 is 0 Å². The maximum Gasteiger partial charge on any atom is 0.0863 e. The number of hydrogen-bond donors (Lipinski definition) is 0. The lowest BCUT2D eigenvalue weighted by Crippen LogP contribution is -2.22. The van der Waals surface area contributed by atoms with E-state index in [1.54, 1.807) is 0 Å². The van der Waals surface area contributed by atoms with E-state index in [-0.39, 0.29) is 5.41 Å². The van der Waals surface area contributed by atoms with E-state index >= 15 is 0 Å². The molecule has 19 heavy (non-hydrogen) atoms. The highest BCUT2D eigenvalue weighted by Gasteiger charge is 2.16. The standard InChI is InChI=1S/C17H26N2/c1-13-11-15(17(3,4)5)12-14(2)16(13)7-9-19(6)10-8-18/h11-12H,7,9-10H2,1-6H3. The van der Waals surface area contributed by atoms with E-state index in [0.29, 0.717) is 6.54 Å². The average molecular weight is 258 g/mol. The largest absolute Gasteiger partial charge is 0.293 e. The molecular formula is C17H26N2. The summed E-state index contributed by atoms with van der Waals surface area (Å²) in [6, 6.07) is 6.81. The summed E-state index contributed by atoms with van der Waals surface area (Å²) in [4.78, 5) is 2.07. The van der Waals surface area contributed by atoms with E-state index in [1.165, 1.54) is 22.3 Å². The second kappa shape index (κ2) is 6.21. The van der Waals surface area contributed by atoms with E-state index in [2.05, 4.69) is 57.7 Å². The van der Waals surface area contributed by atoms with Gasteiger partial charge < -0.3 is 0 Å². The predicted octanol–water partition coefficient (Wildman–Crippen LogP) is 3.60. The Hall–Kier alpha value is -1.33. The third kappa shape index (κ3) is 4.36. The molecule has 0 amide bonds. The fourth-order valence-corrected chi connectivity index (χ4v) is 2.32. The van der Waals surface area contributed by atoms with Crippen LogP contribution in [0.15, 0.2) is 12.1 Å². The van der Waals surface area contributed by atoms with Crippen molar-refractivity contribution in [3.05, 3.63) is 34.4 Å². The normalized spacial score (nSPS) is 11.7. The topological polar surface area (TPSA) is 27.0 Å². The molecule has 104 valence electrons.